The smallest absolute Gasteiger partial charge is 0.128 e. The van der Waals surface area contributed by atoms with Crippen LogP contribution in [0.15, 0.2) is 42.6 Å². The lowest BCUT2D eigenvalue weighted by Gasteiger charge is -2.10. The maximum Gasteiger partial charge on any atom is 0.128 e. The third-order valence-electron chi connectivity index (χ3n) is 2.38. The summed E-state index contributed by atoms with van der Waals surface area (Å²) >= 11 is 0. The summed E-state index contributed by atoms with van der Waals surface area (Å²) in [6.07, 6.45) is 1.79. The third kappa shape index (κ3) is 1.84. The largest absolute Gasteiger partial charge is 0.496 e. The van der Waals surface area contributed by atoms with Gasteiger partial charge in [-0.05, 0) is 30.7 Å². The third-order valence-corrected chi connectivity index (χ3v) is 2.38. The van der Waals surface area contributed by atoms with E-state index >= 15 is 0 Å². The molecule has 0 aliphatic rings. The van der Waals surface area contributed by atoms with Crippen molar-refractivity contribution in [2.45, 2.75) is 6.92 Å². The van der Waals surface area contributed by atoms with Crippen LogP contribution in [0.5, 0.6) is 5.75 Å². The average Bonchev–Trinajstić information content (AvgIpc) is 2.29. The van der Waals surface area contributed by atoms with E-state index in [1.807, 2.05) is 30.3 Å². The van der Waals surface area contributed by atoms with Crippen molar-refractivity contribution < 1.29 is 4.74 Å². The van der Waals surface area contributed by atoms with Gasteiger partial charge in [0.15, 0.2) is 0 Å². The lowest BCUT2D eigenvalue weighted by molar-refractivity contribution is 0.416. The second kappa shape index (κ2) is 4.13. The van der Waals surface area contributed by atoms with E-state index in [4.69, 9.17) is 4.74 Å². The Labute approximate surface area is 89.6 Å². The van der Waals surface area contributed by atoms with Crippen LogP contribution in [0.4, 0.5) is 0 Å². The molecule has 0 amide bonds. The summed E-state index contributed by atoms with van der Waals surface area (Å²) in [7, 11) is 1.68. The first-order valence-electron chi connectivity index (χ1n) is 4.88. The fourth-order valence-corrected chi connectivity index (χ4v) is 1.65. The predicted molar refractivity (Wildman–Crippen MR) is 61.0 cm³/mol. The molecule has 0 atom stereocenters. The van der Waals surface area contributed by atoms with Crippen LogP contribution in [-0.4, -0.2) is 12.1 Å². The normalized spacial score (nSPS) is 10.0. The molecule has 0 radical (unpaired) electrons. The zero-order chi connectivity index (χ0) is 10.7. The van der Waals surface area contributed by atoms with Gasteiger partial charge >= 0.3 is 0 Å². The molecule has 0 N–H and O–H groups in total. The molecular weight excluding hydrogens is 186 g/mol. The van der Waals surface area contributed by atoms with E-state index in [9.17, 15) is 0 Å². The van der Waals surface area contributed by atoms with Crippen LogP contribution in [0.2, 0.25) is 0 Å². The van der Waals surface area contributed by atoms with Crippen molar-refractivity contribution in [1.29, 1.82) is 0 Å². The van der Waals surface area contributed by atoms with Gasteiger partial charge in [0, 0.05) is 11.8 Å². The lowest BCUT2D eigenvalue weighted by Crippen LogP contribution is -1.92. The van der Waals surface area contributed by atoms with Gasteiger partial charge in [-0.3, -0.25) is 4.98 Å². The highest BCUT2D eigenvalue weighted by atomic mass is 16.5. The van der Waals surface area contributed by atoms with Gasteiger partial charge in [0.1, 0.15) is 5.75 Å². The molecule has 0 aliphatic carbocycles. The minimum atomic E-state index is 0.869. The molecule has 2 aromatic rings. The number of rotatable bonds is 2. The molecule has 0 fully saturated rings. The van der Waals surface area contributed by atoms with E-state index in [0.29, 0.717) is 0 Å². The molecule has 0 spiro atoms. The van der Waals surface area contributed by atoms with Gasteiger partial charge in [0.25, 0.3) is 0 Å². The van der Waals surface area contributed by atoms with Gasteiger partial charge in [0.2, 0.25) is 0 Å². The van der Waals surface area contributed by atoms with Crippen molar-refractivity contribution in [2.75, 3.05) is 7.11 Å². The molecule has 2 rings (SSSR count). The summed E-state index contributed by atoms with van der Waals surface area (Å²) in [5.74, 6) is 0.869. The van der Waals surface area contributed by atoms with Crippen molar-refractivity contribution in [3.8, 4) is 17.0 Å². The topological polar surface area (TPSA) is 22.1 Å². The Morgan fingerprint density at radius 1 is 1.07 bits per heavy atom. The van der Waals surface area contributed by atoms with Gasteiger partial charge in [-0.15, -0.1) is 0 Å². The molecule has 2 heteroatoms. The number of ether oxygens (including phenoxy) is 1. The minimum Gasteiger partial charge on any atom is -0.496 e. The van der Waals surface area contributed by atoms with Crippen LogP contribution >= 0.6 is 0 Å². The first-order valence-corrected chi connectivity index (χ1v) is 4.88. The Bertz CT molecular complexity index is 451. The van der Waals surface area contributed by atoms with E-state index in [2.05, 4.69) is 18.0 Å². The summed E-state index contributed by atoms with van der Waals surface area (Å²) in [6, 6.07) is 11.9. The maximum absolute atomic E-state index is 5.34. The summed E-state index contributed by atoms with van der Waals surface area (Å²) < 4.78 is 5.34. The molecule has 1 heterocycles. The lowest BCUT2D eigenvalue weighted by atomic mass is 10.0. The van der Waals surface area contributed by atoms with Gasteiger partial charge in [0.05, 0.1) is 12.8 Å². The Kier molecular flexibility index (Phi) is 2.68. The van der Waals surface area contributed by atoms with Crippen LogP contribution in [-0.2, 0) is 0 Å². The fourth-order valence-electron chi connectivity index (χ4n) is 1.65. The molecule has 0 bridgehead atoms. The summed E-state index contributed by atoms with van der Waals surface area (Å²) in [5.41, 5.74) is 3.20. The number of aromatic nitrogens is 1. The number of aryl methyl sites for hydroxylation is 1. The number of nitrogens with zero attached hydrogens (tertiary/aromatic N) is 1. The first kappa shape index (κ1) is 9.71. The van der Waals surface area contributed by atoms with E-state index < -0.39 is 0 Å². The van der Waals surface area contributed by atoms with E-state index in [1.165, 1.54) is 5.56 Å². The fraction of sp³-hybridized carbons (Fsp3) is 0.154. The van der Waals surface area contributed by atoms with Crippen molar-refractivity contribution in [3.63, 3.8) is 0 Å². The highest BCUT2D eigenvalue weighted by Gasteiger charge is 2.08. The first-order chi connectivity index (χ1) is 7.33. The second-order valence-corrected chi connectivity index (χ2v) is 3.37. The zero-order valence-electron chi connectivity index (χ0n) is 8.90. The number of methoxy groups -OCH3 is 1. The number of hydrogen-bond acceptors (Lipinski definition) is 2. The molecule has 0 saturated carbocycles. The molecule has 15 heavy (non-hydrogen) atoms. The monoisotopic (exact) mass is 199 g/mol. The minimum absolute atomic E-state index is 0.869. The number of hydrogen-bond donors (Lipinski definition) is 0. The zero-order valence-corrected chi connectivity index (χ0v) is 8.90. The SMILES string of the molecule is COc1cccc(C)c1-c1ccccn1. The molecule has 0 aliphatic heterocycles. The van der Waals surface area contributed by atoms with Crippen LogP contribution in [0.1, 0.15) is 5.56 Å². The highest BCUT2D eigenvalue weighted by molar-refractivity contribution is 5.70. The van der Waals surface area contributed by atoms with Gasteiger partial charge in [-0.1, -0.05) is 18.2 Å². The quantitative estimate of drug-likeness (QED) is 0.741. The van der Waals surface area contributed by atoms with Crippen molar-refractivity contribution in [1.82, 2.24) is 4.98 Å². The molecule has 0 unspecified atom stereocenters. The van der Waals surface area contributed by atoms with Crippen molar-refractivity contribution in [3.05, 3.63) is 48.2 Å². The van der Waals surface area contributed by atoms with Gasteiger partial charge in [-0.25, -0.2) is 0 Å². The number of pyridine rings is 1. The highest BCUT2D eigenvalue weighted by Crippen LogP contribution is 2.31. The van der Waals surface area contributed by atoms with E-state index in [0.717, 1.165) is 17.0 Å². The Balaban J connectivity index is 2.61. The average molecular weight is 199 g/mol. The molecule has 76 valence electrons. The molecule has 1 aromatic carbocycles. The van der Waals surface area contributed by atoms with E-state index in [-0.39, 0.29) is 0 Å². The summed E-state index contributed by atoms with van der Waals surface area (Å²) in [5, 5.41) is 0. The van der Waals surface area contributed by atoms with Crippen molar-refractivity contribution in [2.24, 2.45) is 0 Å². The Morgan fingerprint density at radius 3 is 2.60 bits per heavy atom. The molecule has 0 saturated heterocycles. The molecular formula is C13H13NO. The Morgan fingerprint density at radius 2 is 1.93 bits per heavy atom. The van der Waals surface area contributed by atoms with Crippen LogP contribution < -0.4 is 4.74 Å². The maximum atomic E-state index is 5.34. The summed E-state index contributed by atoms with van der Waals surface area (Å²) in [6.45, 7) is 2.06. The standard InChI is InChI=1S/C13H13NO/c1-10-6-5-8-12(15-2)13(10)11-7-3-4-9-14-11/h3-9H,1-2H3. The van der Waals surface area contributed by atoms with Crippen LogP contribution in [0.25, 0.3) is 11.3 Å². The predicted octanol–water partition coefficient (Wildman–Crippen LogP) is 3.07. The number of benzene rings is 1. The Hall–Kier alpha value is -1.83. The van der Waals surface area contributed by atoms with Gasteiger partial charge in [-0.2, -0.15) is 0 Å². The van der Waals surface area contributed by atoms with Crippen molar-refractivity contribution >= 4 is 0 Å². The van der Waals surface area contributed by atoms with Gasteiger partial charge < -0.3 is 4.74 Å². The molecule has 2 nitrogen and oxygen atoms in total. The van der Waals surface area contributed by atoms with Crippen LogP contribution in [0.3, 0.4) is 0 Å². The molecule has 1 aromatic heterocycles. The summed E-state index contributed by atoms with van der Waals surface area (Å²) in [4.78, 5) is 4.34. The second-order valence-electron chi connectivity index (χ2n) is 3.37. The van der Waals surface area contributed by atoms with Crippen LogP contribution in [0, 0.1) is 6.92 Å². The van der Waals surface area contributed by atoms with E-state index in [1.54, 1.807) is 13.3 Å².